The number of sulfonamides is 1. The monoisotopic (exact) mass is 329 g/mol. The van der Waals surface area contributed by atoms with E-state index in [1.54, 1.807) is 24.3 Å². The van der Waals surface area contributed by atoms with Gasteiger partial charge in [-0.2, -0.15) is 0 Å². The number of rotatable bonds is 5. The van der Waals surface area contributed by atoms with Crippen LogP contribution in [-0.4, -0.2) is 15.5 Å². The van der Waals surface area contributed by atoms with Crippen molar-refractivity contribution >= 4 is 21.6 Å². The summed E-state index contributed by atoms with van der Waals surface area (Å²) in [5, 5.41) is -0.164. The number of para-hydroxylation sites is 1. The van der Waals surface area contributed by atoms with Crippen LogP contribution in [0.4, 0.5) is 4.39 Å². The molecule has 112 valence electrons. The van der Waals surface area contributed by atoms with Gasteiger partial charge in [0.05, 0.1) is 12.1 Å². The highest BCUT2D eigenvalue weighted by Crippen LogP contribution is 2.23. The minimum Gasteiger partial charge on any atom is -0.496 e. The first-order chi connectivity index (χ1) is 9.94. The molecule has 0 radical (unpaired) electrons. The van der Waals surface area contributed by atoms with Gasteiger partial charge >= 0.3 is 0 Å². The molecule has 2 rings (SSSR count). The van der Waals surface area contributed by atoms with Crippen LogP contribution in [0.3, 0.4) is 0 Å². The van der Waals surface area contributed by atoms with Crippen molar-refractivity contribution in [3.63, 3.8) is 0 Å². The zero-order valence-corrected chi connectivity index (χ0v) is 12.7. The lowest BCUT2D eigenvalue weighted by molar-refractivity contribution is 0.409. The zero-order valence-electron chi connectivity index (χ0n) is 11.1. The minimum atomic E-state index is -3.84. The fourth-order valence-electron chi connectivity index (χ4n) is 1.79. The Morgan fingerprint density at radius 1 is 1.24 bits per heavy atom. The van der Waals surface area contributed by atoms with E-state index in [0.29, 0.717) is 11.3 Å². The zero-order chi connectivity index (χ0) is 15.5. The van der Waals surface area contributed by atoms with E-state index < -0.39 is 15.8 Å². The van der Waals surface area contributed by atoms with Crippen molar-refractivity contribution in [1.29, 1.82) is 0 Å². The number of benzene rings is 2. The molecule has 0 aliphatic heterocycles. The largest absolute Gasteiger partial charge is 0.496 e. The van der Waals surface area contributed by atoms with Gasteiger partial charge in [0.25, 0.3) is 0 Å². The second-order valence-corrected chi connectivity index (χ2v) is 6.35. The molecule has 0 aliphatic rings. The molecule has 1 N–H and O–H groups in total. The molecule has 4 nitrogen and oxygen atoms in total. The van der Waals surface area contributed by atoms with Gasteiger partial charge in [0, 0.05) is 12.1 Å². The summed E-state index contributed by atoms with van der Waals surface area (Å²) < 4.78 is 44.9. The van der Waals surface area contributed by atoms with Crippen molar-refractivity contribution in [3.8, 4) is 5.75 Å². The fourth-order valence-corrected chi connectivity index (χ4v) is 3.33. The van der Waals surface area contributed by atoms with Gasteiger partial charge in [-0.25, -0.2) is 17.5 Å². The number of hydrogen-bond acceptors (Lipinski definition) is 3. The molecule has 0 aliphatic carbocycles. The molecule has 0 amide bonds. The van der Waals surface area contributed by atoms with Crippen molar-refractivity contribution in [2.45, 2.75) is 11.4 Å². The molecule has 7 heteroatoms. The lowest BCUT2D eigenvalue weighted by atomic mass is 10.2. The van der Waals surface area contributed by atoms with Crippen LogP contribution in [0.5, 0.6) is 5.75 Å². The van der Waals surface area contributed by atoms with Crippen LogP contribution in [0, 0.1) is 5.82 Å². The van der Waals surface area contributed by atoms with Crippen LogP contribution in [-0.2, 0) is 16.6 Å². The molecule has 21 heavy (non-hydrogen) atoms. The molecule has 0 aromatic heterocycles. The fraction of sp³-hybridized carbons (Fsp3) is 0.143. The third kappa shape index (κ3) is 3.72. The van der Waals surface area contributed by atoms with Gasteiger partial charge in [-0.05, 0) is 24.3 Å². The Kier molecular flexibility index (Phi) is 4.82. The molecule has 0 bridgehead atoms. The van der Waals surface area contributed by atoms with Gasteiger partial charge in [0.1, 0.15) is 16.5 Å². The average molecular weight is 330 g/mol. The van der Waals surface area contributed by atoms with Gasteiger partial charge in [0.2, 0.25) is 10.0 Å². The summed E-state index contributed by atoms with van der Waals surface area (Å²) in [5.41, 5.74) is 0.682. The molecule has 2 aromatic carbocycles. The number of ether oxygens (including phenoxy) is 1. The second-order valence-electron chi connectivity index (χ2n) is 4.21. The van der Waals surface area contributed by atoms with Crippen LogP contribution >= 0.6 is 11.6 Å². The first-order valence-corrected chi connectivity index (χ1v) is 7.87. The molecule has 0 heterocycles. The van der Waals surface area contributed by atoms with Gasteiger partial charge in [-0.15, -0.1) is 0 Å². The standard InChI is InChI=1S/C14H13ClFNO3S/c1-20-13-5-3-2-4-10(13)9-17-21(18,19)14-7-6-11(16)8-12(14)15/h2-8,17H,9H2,1H3. The molecule has 0 atom stereocenters. The summed E-state index contributed by atoms with van der Waals surface area (Å²) in [6, 6.07) is 10.2. The number of nitrogens with one attached hydrogen (secondary N) is 1. The second kappa shape index (κ2) is 6.43. The van der Waals surface area contributed by atoms with E-state index in [9.17, 15) is 12.8 Å². The van der Waals surface area contributed by atoms with Crippen LogP contribution < -0.4 is 9.46 Å². The molecule has 0 saturated heterocycles. The lowest BCUT2D eigenvalue weighted by Crippen LogP contribution is -2.23. The predicted octanol–water partition coefficient (Wildman–Crippen LogP) is 2.97. The third-order valence-corrected chi connectivity index (χ3v) is 4.71. The molecular formula is C14H13ClFNO3S. The van der Waals surface area contributed by atoms with Crippen molar-refractivity contribution in [2.24, 2.45) is 0 Å². The Balaban J connectivity index is 2.22. The van der Waals surface area contributed by atoms with E-state index in [4.69, 9.17) is 16.3 Å². The predicted molar refractivity (Wildman–Crippen MR) is 78.4 cm³/mol. The first kappa shape index (κ1) is 15.8. The van der Waals surface area contributed by atoms with E-state index >= 15 is 0 Å². The normalized spacial score (nSPS) is 11.4. The minimum absolute atomic E-state index is 0.0417. The van der Waals surface area contributed by atoms with E-state index in [1.165, 1.54) is 7.11 Å². The maximum atomic E-state index is 13.0. The Bertz CT molecular complexity index is 750. The number of halogens is 2. The van der Waals surface area contributed by atoms with E-state index in [-0.39, 0.29) is 16.5 Å². The molecular weight excluding hydrogens is 317 g/mol. The Hall–Kier alpha value is -1.63. The van der Waals surface area contributed by atoms with Crippen molar-refractivity contribution in [3.05, 3.63) is 58.9 Å². The summed E-state index contributed by atoms with van der Waals surface area (Å²) in [7, 11) is -2.33. The van der Waals surface area contributed by atoms with Crippen LogP contribution in [0.25, 0.3) is 0 Å². The SMILES string of the molecule is COc1ccccc1CNS(=O)(=O)c1ccc(F)cc1Cl. The van der Waals surface area contributed by atoms with Gasteiger partial charge in [0.15, 0.2) is 0 Å². The lowest BCUT2D eigenvalue weighted by Gasteiger charge is -2.11. The van der Waals surface area contributed by atoms with Crippen LogP contribution in [0.15, 0.2) is 47.4 Å². The smallest absolute Gasteiger partial charge is 0.242 e. The van der Waals surface area contributed by atoms with Crippen molar-refractivity contribution < 1.29 is 17.5 Å². The number of hydrogen-bond donors (Lipinski definition) is 1. The maximum Gasteiger partial charge on any atom is 0.242 e. The Labute approximate surface area is 127 Å². The average Bonchev–Trinajstić information content (AvgIpc) is 2.45. The van der Waals surface area contributed by atoms with Gasteiger partial charge in [-0.3, -0.25) is 0 Å². The number of methoxy groups -OCH3 is 1. The first-order valence-electron chi connectivity index (χ1n) is 6.00. The molecule has 2 aromatic rings. The summed E-state index contributed by atoms with van der Waals surface area (Å²) in [6.07, 6.45) is 0. The summed E-state index contributed by atoms with van der Waals surface area (Å²) in [6.45, 7) is 0.0417. The molecule has 0 unspecified atom stereocenters. The maximum absolute atomic E-state index is 13.0. The summed E-state index contributed by atoms with van der Waals surface area (Å²) in [5.74, 6) is -0.0194. The van der Waals surface area contributed by atoms with Crippen molar-refractivity contribution in [1.82, 2.24) is 4.72 Å². The quantitative estimate of drug-likeness (QED) is 0.917. The molecule has 0 fully saturated rings. The van der Waals surface area contributed by atoms with E-state index in [2.05, 4.69) is 4.72 Å². The van der Waals surface area contributed by atoms with Crippen molar-refractivity contribution in [2.75, 3.05) is 7.11 Å². The van der Waals surface area contributed by atoms with E-state index in [1.807, 2.05) is 0 Å². The van der Waals surface area contributed by atoms with Gasteiger partial charge < -0.3 is 4.74 Å². The molecule has 0 saturated carbocycles. The highest BCUT2D eigenvalue weighted by Gasteiger charge is 2.18. The van der Waals surface area contributed by atoms with Gasteiger partial charge in [-0.1, -0.05) is 29.8 Å². The van der Waals surface area contributed by atoms with E-state index in [0.717, 1.165) is 18.2 Å². The summed E-state index contributed by atoms with van der Waals surface area (Å²) >= 11 is 5.77. The molecule has 0 spiro atoms. The topological polar surface area (TPSA) is 55.4 Å². The summed E-state index contributed by atoms with van der Waals surface area (Å²) in [4.78, 5) is -0.166. The van der Waals surface area contributed by atoms with Crippen LogP contribution in [0.2, 0.25) is 5.02 Å². The Morgan fingerprint density at radius 2 is 1.95 bits per heavy atom. The highest BCUT2D eigenvalue weighted by atomic mass is 35.5. The Morgan fingerprint density at radius 3 is 2.62 bits per heavy atom. The van der Waals surface area contributed by atoms with Crippen LogP contribution in [0.1, 0.15) is 5.56 Å². The third-order valence-electron chi connectivity index (χ3n) is 2.83. The highest BCUT2D eigenvalue weighted by molar-refractivity contribution is 7.89.